The SMILES string of the molecule is CNC(CCOc1ccccc1)c1ccccn1. The van der Waals surface area contributed by atoms with E-state index >= 15 is 0 Å². The molecule has 0 bridgehead atoms. The van der Waals surface area contributed by atoms with Crippen LogP contribution in [0, 0.1) is 0 Å². The Hall–Kier alpha value is -1.87. The van der Waals surface area contributed by atoms with E-state index in [1.54, 1.807) is 0 Å². The van der Waals surface area contributed by atoms with Crippen molar-refractivity contribution in [2.45, 2.75) is 12.5 Å². The van der Waals surface area contributed by atoms with E-state index in [0.717, 1.165) is 17.9 Å². The van der Waals surface area contributed by atoms with Gasteiger partial charge in [-0.15, -0.1) is 0 Å². The van der Waals surface area contributed by atoms with Gasteiger partial charge in [0.2, 0.25) is 0 Å². The van der Waals surface area contributed by atoms with Crippen molar-refractivity contribution in [2.24, 2.45) is 0 Å². The minimum Gasteiger partial charge on any atom is -0.494 e. The summed E-state index contributed by atoms with van der Waals surface area (Å²) in [6, 6.07) is 16.1. The van der Waals surface area contributed by atoms with Gasteiger partial charge in [-0.1, -0.05) is 24.3 Å². The summed E-state index contributed by atoms with van der Waals surface area (Å²) < 4.78 is 5.69. The molecular formula is C15H18N2O. The molecule has 0 aliphatic carbocycles. The van der Waals surface area contributed by atoms with E-state index in [-0.39, 0.29) is 6.04 Å². The highest BCUT2D eigenvalue weighted by Crippen LogP contribution is 2.15. The molecule has 1 N–H and O–H groups in total. The Bertz CT molecular complexity index is 445. The predicted octanol–water partition coefficient (Wildman–Crippen LogP) is 2.81. The van der Waals surface area contributed by atoms with Gasteiger partial charge in [-0.25, -0.2) is 0 Å². The Kier molecular flexibility index (Phi) is 4.73. The molecule has 0 aliphatic rings. The lowest BCUT2D eigenvalue weighted by Gasteiger charge is -2.15. The van der Waals surface area contributed by atoms with Crippen LogP contribution in [0.5, 0.6) is 5.75 Å². The van der Waals surface area contributed by atoms with Crippen molar-refractivity contribution in [1.82, 2.24) is 10.3 Å². The third kappa shape index (κ3) is 3.57. The lowest BCUT2D eigenvalue weighted by atomic mass is 10.1. The lowest BCUT2D eigenvalue weighted by molar-refractivity contribution is 0.289. The molecule has 1 heterocycles. The molecule has 2 rings (SSSR count). The first-order valence-corrected chi connectivity index (χ1v) is 6.16. The van der Waals surface area contributed by atoms with Crippen LogP contribution in [0.2, 0.25) is 0 Å². The van der Waals surface area contributed by atoms with Crippen LogP contribution in [-0.4, -0.2) is 18.6 Å². The van der Waals surface area contributed by atoms with Gasteiger partial charge >= 0.3 is 0 Å². The first-order valence-electron chi connectivity index (χ1n) is 6.16. The van der Waals surface area contributed by atoms with Gasteiger partial charge in [0.1, 0.15) is 5.75 Å². The fraction of sp³-hybridized carbons (Fsp3) is 0.267. The lowest BCUT2D eigenvalue weighted by Crippen LogP contribution is -2.20. The average molecular weight is 242 g/mol. The Morgan fingerprint density at radius 3 is 2.56 bits per heavy atom. The Balaban J connectivity index is 1.85. The van der Waals surface area contributed by atoms with E-state index in [9.17, 15) is 0 Å². The molecule has 94 valence electrons. The van der Waals surface area contributed by atoms with E-state index in [0.29, 0.717) is 6.61 Å². The summed E-state index contributed by atoms with van der Waals surface area (Å²) in [5.74, 6) is 0.911. The van der Waals surface area contributed by atoms with Crippen molar-refractivity contribution in [1.29, 1.82) is 0 Å². The van der Waals surface area contributed by atoms with Gasteiger partial charge in [-0.3, -0.25) is 4.98 Å². The quantitative estimate of drug-likeness (QED) is 0.845. The summed E-state index contributed by atoms with van der Waals surface area (Å²) in [6.45, 7) is 0.673. The van der Waals surface area contributed by atoms with Gasteiger partial charge in [0.15, 0.2) is 0 Å². The molecular weight excluding hydrogens is 224 g/mol. The largest absolute Gasteiger partial charge is 0.494 e. The number of aromatic nitrogens is 1. The van der Waals surface area contributed by atoms with Crippen LogP contribution in [0.15, 0.2) is 54.7 Å². The van der Waals surface area contributed by atoms with Crippen molar-refractivity contribution < 1.29 is 4.74 Å². The Morgan fingerprint density at radius 1 is 1.11 bits per heavy atom. The molecule has 1 atom stereocenters. The van der Waals surface area contributed by atoms with Gasteiger partial charge in [-0.05, 0) is 31.3 Å². The highest BCUT2D eigenvalue weighted by atomic mass is 16.5. The molecule has 1 aromatic heterocycles. The third-order valence-corrected chi connectivity index (χ3v) is 2.81. The normalized spacial score (nSPS) is 12.1. The highest BCUT2D eigenvalue weighted by Gasteiger charge is 2.09. The third-order valence-electron chi connectivity index (χ3n) is 2.81. The van der Waals surface area contributed by atoms with Crippen molar-refractivity contribution in [3.8, 4) is 5.75 Å². The summed E-state index contributed by atoms with van der Waals surface area (Å²) >= 11 is 0. The predicted molar refractivity (Wildman–Crippen MR) is 72.6 cm³/mol. The molecule has 0 fully saturated rings. The minimum atomic E-state index is 0.231. The molecule has 1 aromatic carbocycles. The van der Waals surface area contributed by atoms with E-state index in [1.807, 2.05) is 61.8 Å². The first kappa shape index (κ1) is 12.6. The van der Waals surface area contributed by atoms with Gasteiger partial charge in [0, 0.05) is 12.6 Å². The van der Waals surface area contributed by atoms with Gasteiger partial charge in [-0.2, -0.15) is 0 Å². The monoisotopic (exact) mass is 242 g/mol. The van der Waals surface area contributed by atoms with Gasteiger partial charge in [0.05, 0.1) is 18.3 Å². The number of rotatable bonds is 6. The number of hydrogen-bond acceptors (Lipinski definition) is 3. The number of ether oxygens (including phenoxy) is 1. The number of para-hydroxylation sites is 1. The zero-order valence-corrected chi connectivity index (χ0v) is 10.5. The van der Waals surface area contributed by atoms with Gasteiger partial charge < -0.3 is 10.1 Å². The van der Waals surface area contributed by atoms with Crippen molar-refractivity contribution in [3.63, 3.8) is 0 Å². The second kappa shape index (κ2) is 6.77. The van der Waals surface area contributed by atoms with Gasteiger partial charge in [0.25, 0.3) is 0 Å². The van der Waals surface area contributed by atoms with Crippen molar-refractivity contribution in [2.75, 3.05) is 13.7 Å². The van der Waals surface area contributed by atoms with Crippen molar-refractivity contribution >= 4 is 0 Å². The van der Waals surface area contributed by atoms with E-state index in [1.165, 1.54) is 0 Å². The number of benzene rings is 1. The van der Waals surface area contributed by atoms with Crippen LogP contribution >= 0.6 is 0 Å². The van der Waals surface area contributed by atoms with Crippen LogP contribution in [0.25, 0.3) is 0 Å². The Labute approximate surface area is 108 Å². The zero-order chi connectivity index (χ0) is 12.6. The van der Waals surface area contributed by atoms with Crippen LogP contribution in [0.1, 0.15) is 18.2 Å². The fourth-order valence-corrected chi connectivity index (χ4v) is 1.83. The molecule has 0 aliphatic heterocycles. The average Bonchev–Trinajstić information content (AvgIpc) is 2.46. The molecule has 18 heavy (non-hydrogen) atoms. The standard InChI is InChI=1S/C15H18N2O/c1-16-14(15-9-5-6-11-17-15)10-12-18-13-7-3-2-4-8-13/h2-9,11,14,16H,10,12H2,1H3. The molecule has 0 spiro atoms. The van der Waals surface area contributed by atoms with Crippen LogP contribution < -0.4 is 10.1 Å². The molecule has 0 saturated heterocycles. The van der Waals surface area contributed by atoms with E-state index < -0.39 is 0 Å². The molecule has 1 unspecified atom stereocenters. The molecule has 0 radical (unpaired) electrons. The minimum absolute atomic E-state index is 0.231. The topological polar surface area (TPSA) is 34.1 Å². The summed E-state index contributed by atoms with van der Waals surface area (Å²) in [6.07, 6.45) is 2.71. The van der Waals surface area contributed by atoms with Crippen LogP contribution in [0.4, 0.5) is 0 Å². The second-order valence-electron chi connectivity index (χ2n) is 4.05. The second-order valence-corrected chi connectivity index (χ2v) is 4.05. The van der Waals surface area contributed by atoms with Crippen molar-refractivity contribution in [3.05, 3.63) is 60.4 Å². The number of hydrogen-bond donors (Lipinski definition) is 1. The van der Waals surface area contributed by atoms with E-state index in [2.05, 4.69) is 10.3 Å². The molecule has 3 nitrogen and oxygen atoms in total. The smallest absolute Gasteiger partial charge is 0.119 e. The van der Waals surface area contributed by atoms with E-state index in [4.69, 9.17) is 4.74 Å². The first-order chi connectivity index (χ1) is 8.90. The van der Waals surface area contributed by atoms with Crippen LogP contribution in [0.3, 0.4) is 0 Å². The summed E-state index contributed by atoms with van der Waals surface area (Å²) in [5.41, 5.74) is 1.05. The summed E-state index contributed by atoms with van der Waals surface area (Å²) in [5, 5.41) is 3.26. The van der Waals surface area contributed by atoms with Crippen LogP contribution in [-0.2, 0) is 0 Å². The summed E-state index contributed by atoms with van der Waals surface area (Å²) in [4.78, 5) is 4.36. The fourth-order valence-electron chi connectivity index (χ4n) is 1.83. The zero-order valence-electron chi connectivity index (χ0n) is 10.5. The number of nitrogens with one attached hydrogen (secondary N) is 1. The number of pyridine rings is 1. The Morgan fingerprint density at radius 2 is 1.89 bits per heavy atom. The maximum absolute atomic E-state index is 5.69. The molecule has 0 saturated carbocycles. The molecule has 0 amide bonds. The maximum atomic E-state index is 5.69. The number of nitrogens with zero attached hydrogens (tertiary/aromatic N) is 1. The maximum Gasteiger partial charge on any atom is 0.119 e. The highest BCUT2D eigenvalue weighted by molar-refractivity contribution is 5.20. The summed E-state index contributed by atoms with van der Waals surface area (Å²) in [7, 11) is 1.95. The molecule has 3 heteroatoms. The molecule has 2 aromatic rings.